The van der Waals surface area contributed by atoms with Crippen LogP contribution in [0.15, 0.2) is 42.5 Å². The molecule has 0 unspecified atom stereocenters. The third-order valence-corrected chi connectivity index (χ3v) is 3.91. The van der Waals surface area contributed by atoms with Crippen LogP contribution in [-0.4, -0.2) is 26.1 Å². The van der Waals surface area contributed by atoms with Crippen molar-refractivity contribution in [2.24, 2.45) is 0 Å². The lowest BCUT2D eigenvalue weighted by atomic mass is 10.1. The van der Waals surface area contributed by atoms with Crippen LogP contribution >= 0.6 is 11.6 Å². The lowest BCUT2D eigenvalue weighted by Gasteiger charge is -2.06. The number of carbonyl (C=O) groups excluding carboxylic acids is 1. The predicted octanol–water partition coefficient (Wildman–Crippen LogP) is 3.25. The van der Waals surface area contributed by atoms with E-state index in [1.807, 2.05) is 44.2 Å². The molecule has 24 heavy (non-hydrogen) atoms. The number of amides is 1. The van der Waals surface area contributed by atoms with E-state index in [1.54, 1.807) is 12.1 Å². The quantitative estimate of drug-likeness (QED) is 0.790. The SMILES string of the molecule is Cc1ccc(-c2nnn(CC(=O)Nc3ccc(C)c(Cl)c3)n2)cc1. The standard InChI is InChI=1S/C17H16ClN5O/c1-11-3-6-13(7-4-11)17-20-22-23(21-17)10-16(24)19-14-8-5-12(2)15(18)9-14/h3-9H,10H2,1-2H3,(H,19,24). The fraction of sp³-hybridized carbons (Fsp3) is 0.176. The summed E-state index contributed by atoms with van der Waals surface area (Å²) in [6.07, 6.45) is 0. The Bertz CT molecular complexity index is 873. The van der Waals surface area contributed by atoms with Crippen molar-refractivity contribution in [1.29, 1.82) is 0 Å². The zero-order chi connectivity index (χ0) is 17.1. The first-order chi connectivity index (χ1) is 11.5. The molecule has 0 aliphatic rings. The van der Waals surface area contributed by atoms with E-state index in [-0.39, 0.29) is 12.5 Å². The number of tetrazole rings is 1. The van der Waals surface area contributed by atoms with Gasteiger partial charge in [0.25, 0.3) is 0 Å². The number of aromatic nitrogens is 4. The number of nitrogens with one attached hydrogen (secondary N) is 1. The molecule has 0 bridgehead atoms. The fourth-order valence-electron chi connectivity index (χ4n) is 2.13. The molecule has 7 heteroatoms. The lowest BCUT2D eigenvalue weighted by molar-refractivity contribution is -0.117. The Kier molecular flexibility index (Phi) is 4.57. The summed E-state index contributed by atoms with van der Waals surface area (Å²) in [5, 5.41) is 15.5. The van der Waals surface area contributed by atoms with E-state index < -0.39 is 0 Å². The highest BCUT2D eigenvalue weighted by Gasteiger charge is 2.10. The van der Waals surface area contributed by atoms with Gasteiger partial charge in [-0.2, -0.15) is 4.80 Å². The topological polar surface area (TPSA) is 72.7 Å². The number of hydrogen-bond donors (Lipinski definition) is 1. The maximum atomic E-state index is 12.1. The summed E-state index contributed by atoms with van der Waals surface area (Å²) in [4.78, 5) is 13.3. The summed E-state index contributed by atoms with van der Waals surface area (Å²) >= 11 is 6.05. The molecule has 0 fully saturated rings. The van der Waals surface area contributed by atoms with Crippen molar-refractivity contribution in [2.75, 3.05) is 5.32 Å². The van der Waals surface area contributed by atoms with Crippen molar-refractivity contribution in [3.63, 3.8) is 0 Å². The molecular formula is C17H16ClN5O. The molecule has 0 atom stereocenters. The van der Waals surface area contributed by atoms with E-state index in [2.05, 4.69) is 20.7 Å². The zero-order valence-corrected chi connectivity index (χ0v) is 14.1. The van der Waals surface area contributed by atoms with Gasteiger partial charge in [-0.3, -0.25) is 4.79 Å². The minimum Gasteiger partial charge on any atom is -0.324 e. The van der Waals surface area contributed by atoms with Gasteiger partial charge in [0.05, 0.1) is 0 Å². The van der Waals surface area contributed by atoms with Gasteiger partial charge in [-0.25, -0.2) is 0 Å². The molecule has 0 spiro atoms. The van der Waals surface area contributed by atoms with E-state index in [0.29, 0.717) is 16.5 Å². The molecule has 3 rings (SSSR count). The fourth-order valence-corrected chi connectivity index (χ4v) is 2.31. The molecule has 0 aliphatic carbocycles. The Hall–Kier alpha value is -2.73. The van der Waals surface area contributed by atoms with E-state index in [4.69, 9.17) is 11.6 Å². The number of carbonyl (C=O) groups is 1. The van der Waals surface area contributed by atoms with Crippen LogP contribution in [0, 0.1) is 13.8 Å². The number of halogens is 1. The van der Waals surface area contributed by atoms with Gasteiger partial charge >= 0.3 is 0 Å². The van der Waals surface area contributed by atoms with Crippen LogP contribution in [0.4, 0.5) is 5.69 Å². The second-order valence-electron chi connectivity index (χ2n) is 5.52. The van der Waals surface area contributed by atoms with Gasteiger partial charge in [0.15, 0.2) is 0 Å². The molecule has 6 nitrogen and oxygen atoms in total. The summed E-state index contributed by atoms with van der Waals surface area (Å²) in [5.74, 6) is 0.240. The Labute approximate surface area is 144 Å². The number of rotatable bonds is 4. The summed E-state index contributed by atoms with van der Waals surface area (Å²) in [5.41, 5.74) is 3.60. The second kappa shape index (κ2) is 6.80. The third kappa shape index (κ3) is 3.78. The van der Waals surface area contributed by atoms with E-state index in [1.165, 1.54) is 4.80 Å². The molecule has 0 saturated carbocycles. The first-order valence-electron chi connectivity index (χ1n) is 7.42. The Balaban J connectivity index is 1.66. The smallest absolute Gasteiger partial charge is 0.248 e. The predicted molar refractivity (Wildman–Crippen MR) is 92.8 cm³/mol. The van der Waals surface area contributed by atoms with Crippen LogP contribution in [-0.2, 0) is 11.3 Å². The normalized spacial score (nSPS) is 10.6. The lowest BCUT2D eigenvalue weighted by Crippen LogP contribution is -2.20. The van der Waals surface area contributed by atoms with Gasteiger partial charge in [-0.1, -0.05) is 47.5 Å². The Morgan fingerprint density at radius 3 is 2.62 bits per heavy atom. The molecular weight excluding hydrogens is 326 g/mol. The van der Waals surface area contributed by atoms with Gasteiger partial charge in [-0.15, -0.1) is 10.2 Å². The van der Waals surface area contributed by atoms with E-state index in [9.17, 15) is 4.79 Å². The van der Waals surface area contributed by atoms with Crippen molar-refractivity contribution in [1.82, 2.24) is 20.2 Å². The van der Waals surface area contributed by atoms with Crippen molar-refractivity contribution >= 4 is 23.2 Å². The van der Waals surface area contributed by atoms with Crippen LogP contribution in [0.1, 0.15) is 11.1 Å². The minimum absolute atomic E-state index is 0.0235. The highest BCUT2D eigenvalue weighted by atomic mass is 35.5. The summed E-state index contributed by atoms with van der Waals surface area (Å²) in [7, 11) is 0. The molecule has 122 valence electrons. The molecule has 1 heterocycles. The van der Waals surface area contributed by atoms with Crippen molar-refractivity contribution < 1.29 is 4.79 Å². The van der Waals surface area contributed by atoms with E-state index in [0.717, 1.165) is 16.7 Å². The Morgan fingerprint density at radius 2 is 1.92 bits per heavy atom. The maximum Gasteiger partial charge on any atom is 0.248 e. The zero-order valence-electron chi connectivity index (χ0n) is 13.3. The molecule has 3 aromatic rings. The molecule has 1 amide bonds. The number of benzene rings is 2. The van der Waals surface area contributed by atoms with E-state index >= 15 is 0 Å². The first kappa shape index (κ1) is 16.1. The first-order valence-corrected chi connectivity index (χ1v) is 7.80. The average molecular weight is 342 g/mol. The average Bonchev–Trinajstić information content (AvgIpc) is 3.00. The van der Waals surface area contributed by atoms with Crippen LogP contribution in [0.3, 0.4) is 0 Å². The maximum absolute atomic E-state index is 12.1. The number of hydrogen-bond acceptors (Lipinski definition) is 4. The van der Waals surface area contributed by atoms with Crippen LogP contribution in [0.5, 0.6) is 0 Å². The third-order valence-electron chi connectivity index (χ3n) is 3.50. The molecule has 1 N–H and O–H groups in total. The van der Waals surface area contributed by atoms with Gasteiger partial charge in [-0.05, 0) is 36.8 Å². The number of anilines is 1. The van der Waals surface area contributed by atoms with Gasteiger partial charge < -0.3 is 5.32 Å². The van der Waals surface area contributed by atoms with Gasteiger partial charge in [0.1, 0.15) is 6.54 Å². The monoisotopic (exact) mass is 341 g/mol. The van der Waals surface area contributed by atoms with Crippen molar-refractivity contribution in [3.8, 4) is 11.4 Å². The second-order valence-corrected chi connectivity index (χ2v) is 5.93. The number of aryl methyl sites for hydroxylation is 2. The summed E-state index contributed by atoms with van der Waals surface area (Å²) in [6.45, 7) is 3.89. The summed E-state index contributed by atoms with van der Waals surface area (Å²) < 4.78 is 0. The van der Waals surface area contributed by atoms with Crippen molar-refractivity contribution in [3.05, 3.63) is 58.6 Å². The Morgan fingerprint density at radius 1 is 1.17 bits per heavy atom. The summed E-state index contributed by atoms with van der Waals surface area (Å²) in [6, 6.07) is 13.2. The van der Waals surface area contributed by atoms with Crippen LogP contribution in [0.25, 0.3) is 11.4 Å². The van der Waals surface area contributed by atoms with Gasteiger partial charge in [0, 0.05) is 16.3 Å². The molecule has 2 aromatic carbocycles. The largest absolute Gasteiger partial charge is 0.324 e. The van der Waals surface area contributed by atoms with Crippen LogP contribution in [0.2, 0.25) is 5.02 Å². The number of nitrogens with zero attached hydrogens (tertiary/aromatic N) is 4. The molecule has 0 radical (unpaired) electrons. The van der Waals surface area contributed by atoms with Crippen LogP contribution < -0.4 is 5.32 Å². The minimum atomic E-state index is -0.247. The molecule has 0 aliphatic heterocycles. The van der Waals surface area contributed by atoms with Crippen molar-refractivity contribution in [2.45, 2.75) is 20.4 Å². The highest BCUT2D eigenvalue weighted by molar-refractivity contribution is 6.31. The highest BCUT2D eigenvalue weighted by Crippen LogP contribution is 2.20. The molecule has 1 aromatic heterocycles. The molecule has 0 saturated heterocycles. The van der Waals surface area contributed by atoms with Gasteiger partial charge in [0.2, 0.25) is 11.7 Å².